The van der Waals surface area contributed by atoms with Gasteiger partial charge in [-0.25, -0.2) is 4.39 Å². The number of hydrogen-bond acceptors (Lipinski definition) is 4. The van der Waals surface area contributed by atoms with Crippen LogP contribution in [0.15, 0.2) is 36.4 Å². The maximum atomic E-state index is 13.7. The first-order chi connectivity index (χ1) is 9.76. The van der Waals surface area contributed by atoms with Crippen LogP contribution in [-0.2, 0) is 6.54 Å². The molecule has 1 N–H and O–H groups in total. The Morgan fingerprint density at radius 2 is 2.00 bits per heavy atom. The summed E-state index contributed by atoms with van der Waals surface area (Å²) >= 11 is 0. The molecule has 20 heavy (non-hydrogen) atoms. The molecule has 0 bridgehead atoms. The number of nitrogens with zero attached hydrogens (tertiary/aromatic N) is 1. The molecule has 1 heterocycles. The first-order valence-electron chi connectivity index (χ1n) is 6.08. The summed E-state index contributed by atoms with van der Waals surface area (Å²) in [7, 11) is 0. The van der Waals surface area contributed by atoms with Crippen LogP contribution in [0.2, 0.25) is 0 Å². The van der Waals surface area contributed by atoms with E-state index in [4.69, 9.17) is 14.7 Å². The second-order valence-corrected chi connectivity index (χ2v) is 4.35. The van der Waals surface area contributed by atoms with Crippen molar-refractivity contribution >= 4 is 5.69 Å². The zero-order valence-corrected chi connectivity index (χ0v) is 10.5. The number of halogens is 1. The Hall–Kier alpha value is -2.74. The van der Waals surface area contributed by atoms with E-state index < -0.39 is 5.82 Å². The predicted molar refractivity (Wildman–Crippen MR) is 71.0 cm³/mol. The fourth-order valence-corrected chi connectivity index (χ4v) is 1.98. The quantitative estimate of drug-likeness (QED) is 0.931. The number of nitrogens with one attached hydrogen (secondary N) is 1. The van der Waals surface area contributed by atoms with Gasteiger partial charge in [-0.05, 0) is 35.9 Å². The standard InChI is InChI=1S/C15H11FN2O2/c16-12-5-10(7-17)1-3-13(12)18-8-11-2-4-14-15(6-11)20-9-19-14/h1-6,18H,8-9H2. The lowest BCUT2D eigenvalue weighted by Gasteiger charge is -2.08. The molecule has 0 aromatic heterocycles. The van der Waals surface area contributed by atoms with Crippen LogP contribution in [0.3, 0.4) is 0 Å². The van der Waals surface area contributed by atoms with Crippen molar-refractivity contribution in [1.82, 2.24) is 0 Å². The third-order valence-corrected chi connectivity index (χ3v) is 3.02. The number of rotatable bonds is 3. The Labute approximate surface area is 115 Å². The van der Waals surface area contributed by atoms with Crippen molar-refractivity contribution in [3.8, 4) is 17.6 Å². The summed E-state index contributed by atoms with van der Waals surface area (Å²) in [6.45, 7) is 0.690. The van der Waals surface area contributed by atoms with Gasteiger partial charge < -0.3 is 14.8 Å². The number of benzene rings is 2. The number of fused-ring (bicyclic) bond motifs is 1. The van der Waals surface area contributed by atoms with E-state index in [1.54, 1.807) is 12.1 Å². The third-order valence-electron chi connectivity index (χ3n) is 3.02. The molecule has 0 fully saturated rings. The van der Waals surface area contributed by atoms with Gasteiger partial charge in [0.05, 0.1) is 17.3 Å². The first-order valence-corrected chi connectivity index (χ1v) is 6.08. The van der Waals surface area contributed by atoms with E-state index in [2.05, 4.69) is 5.32 Å². The van der Waals surface area contributed by atoms with Gasteiger partial charge in [-0.1, -0.05) is 6.07 Å². The fourth-order valence-electron chi connectivity index (χ4n) is 1.98. The van der Waals surface area contributed by atoms with Crippen LogP contribution >= 0.6 is 0 Å². The van der Waals surface area contributed by atoms with E-state index >= 15 is 0 Å². The van der Waals surface area contributed by atoms with Gasteiger partial charge >= 0.3 is 0 Å². The van der Waals surface area contributed by atoms with E-state index in [-0.39, 0.29) is 6.79 Å². The monoisotopic (exact) mass is 270 g/mol. The maximum Gasteiger partial charge on any atom is 0.231 e. The Balaban J connectivity index is 1.72. The molecule has 0 spiro atoms. The number of hydrogen-bond donors (Lipinski definition) is 1. The Morgan fingerprint density at radius 3 is 2.80 bits per heavy atom. The van der Waals surface area contributed by atoms with Crippen LogP contribution in [0.4, 0.5) is 10.1 Å². The lowest BCUT2D eigenvalue weighted by Crippen LogP contribution is -2.01. The highest BCUT2D eigenvalue weighted by atomic mass is 19.1. The predicted octanol–water partition coefficient (Wildman–Crippen LogP) is 3.04. The van der Waals surface area contributed by atoms with Gasteiger partial charge in [-0.2, -0.15) is 5.26 Å². The average molecular weight is 270 g/mol. The van der Waals surface area contributed by atoms with Crippen molar-refractivity contribution in [2.24, 2.45) is 0 Å². The second kappa shape index (κ2) is 5.10. The smallest absolute Gasteiger partial charge is 0.231 e. The molecule has 0 saturated heterocycles. The van der Waals surface area contributed by atoms with Gasteiger partial charge in [0.1, 0.15) is 5.82 Å². The Kier molecular flexibility index (Phi) is 3.13. The summed E-state index contributed by atoms with van der Waals surface area (Å²) in [5, 5.41) is 11.7. The summed E-state index contributed by atoms with van der Waals surface area (Å²) in [6, 6.07) is 11.8. The lowest BCUT2D eigenvalue weighted by molar-refractivity contribution is 0.174. The molecule has 0 radical (unpaired) electrons. The third kappa shape index (κ3) is 2.36. The van der Waals surface area contributed by atoms with E-state index in [0.717, 1.165) is 11.3 Å². The summed E-state index contributed by atoms with van der Waals surface area (Å²) in [4.78, 5) is 0. The van der Waals surface area contributed by atoms with Crippen molar-refractivity contribution < 1.29 is 13.9 Å². The summed E-state index contributed by atoms with van der Waals surface area (Å²) in [5.41, 5.74) is 1.62. The number of ether oxygens (including phenoxy) is 2. The first kappa shape index (κ1) is 12.3. The van der Waals surface area contributed by atoms with E-state index in [0.29, 0.717) is 23.5 Å². The maximum absolute atomic E-state index is 13.7. The summed E-state index contributed by atoms with van der Waals surface area (Å²) in [5.74, 6) is 0.979. The summed E-state index contributed by atoms with van der Waals surface area (Å²) < 4.78 is 24.2. The van der Waals surface area contributed by atoms with Crippen molar-refractivity contribution in [3.63, 3.8) is 0 Å². The van der Waals surface area contributed by atoms with Crippen LogP contribution in [-0.4, -0.2) is 6.79 Å². The molecule has 0 saturated carbocycles. The fraction of sp³-hybridized carbons (Fsp3) is 0.133. The van der Waals surface area contributed by atoms with Crippen LogP contribution < -0.4 is 14.8 Å². The molecule has 2 aromatic rings. The normalized spacial score (nSPS) is 12.0. The van der Waals surface area contributed by atoms with Crippen molar-refractivity contribution in [3.05, 3.63) is 53.3 Å². The van der Waals surface area contributed by atoms with E-state index in [1.807, 2.05) is 24.3 Å². The second-order valence-electron chi connectivity index (χ2n) is 4.35. The highest BCUT2D eigenvalue weighted by Crippen LogP contribution is 2.32. The van der Waals surface area contributed by atoms with Crippen LogP contribution in [0.1, 0.15) is 11.1 Å². The highest BCUT2D eigenvalue weighted by Gasteiger charge is 2.13. The SMILES string of the molecule is N#Cc1ccc(NCc2ccc3c(c2)OCO3)c(F)c1. The minimum absolute atomic E-state index is 0.233. The van der Waals surface area contributed by atoms with Gasteiger partial charge in [0.2, 0.25) is 6.79 Å². The molecule has 1 aliphatic heterocycles. The number of nitriles is 1. The average Bonchev–Trinajstić information content (AvgIpc) is 2.93. The zero-order valence-electron chi connectivity index (χ0n) is 10.5. The molecule has 100 valence electrons. The van der Waals surface area contributed by atoms with Crippen molar-refractivity contribution in [2.75, 3.05) is 12.1 Å². The highest BCUT2D eigenvalue weighted by molar-refractivity contribution is 5.50. The van der Waals surface area contributed by atoms with E-state index in [9.17, 15) is 4.39 Å². The molecule has 0 unspecified atom stereocenters. The minimum atomic E-state index is -0.440. The van der Waals surface area contributed by atoms with Crippen molar-refractivity contribution in [1.29, 1.82) is 5.26 Å². The van der Waals surface area contributed by atoms with Gasteiger partial charge in [0.25, 0.3) is 0 Å². The molecular weight excluding hydrogens is 259 g/mol. The molecule has 2 aromatic carbocycles. The topological polar surface area (TPSA) is 54.3 Å². The number of anilines is 1. The Morgan fingerprint density at radius 1 is 1.15 bits per heavy atom. The van der Waals surface area contributed by atoms with Gasteiger partial charge in [-0.15, -0.1) is 0 Å². The van der Waals surface area contributed by atoms with Crippen molar-refractivity contribution in [2.45, 2.75) is 6.54 Å². The lowest BCUT2D eigenvalue weighted by atomic mass is 10.2. The van der Waals surface area contributed by atoms with Gasteiger partial charge in [0.15, 0.2) is 11.5 Å². The van der Waals surface area contributed by atoms with E-state index in [1.165, 1.54) is 6.07 Å². The van der Waals surface area contributed by atoms with Crippen LogP contribution in [0.5, 0.6) is 11.5 Å². The molecule has 0 atom stereocenters. The molecule has 4 nitrogen and oxygen atoms in total. The van der Waals surface area contributed by atoms with Crippen LogP contribution in [0, 0.1) is 17.1 Å². The molecule has 0 amide bonds. The molecular formula is C15H11FN2O2. The zero-order chi connectivity index (χ0) is 13.9. The summed E-state index contributed by atoms with van der Waals surface area (Å²) in [6.07, 6.45) is 0. The van der Waals surface area contributed by atoms with Crippen LogP contribution in [0.25, 0.3) is 0 Å². The van der Waals surface area contributed by atoms with Gasteiger partial charge in [-0.3, -0.25) is 0 Å². The minimum Gasteiger partial charge on any atom is -0.454 e. The molecule has 0 aliphatic carbocycles. The largest absolute Gasteiger partial charge is 0.454 e. The molecule has 5 heteroatoms. The molecule has 3 rings (SSSR count). The molecule has 1 aliphatic rings. The Bertz CT molecular complexity index is 695. The van der Waals surface area contributed by atoms with Gasteiger partial charge in [0, 0.05) is 6.54 Å².